The highest BCUT2D eigenvalue weighted by molar-refractivity contribution is 5.77. The number of nitrogens with zero attached hydrogens (tertiary/aromatic N) is 4. The molecule has 6 nitrogen and oxygen atoms in total. The molecule has 0 aliphatic heterocycles. The molecule has 3 aromatic rings. The number of rotatable bonds is 5. The molecule has 1 heterocycles. The Balaban J connectivity index is 1.38. The average molecular weight is 338 g/mol. The first-order chi connectivity index (χ1) is 12.2. The third kappa shape index (κ3) is 3.26. The lowest BCUT2D eigenvalue weighted by Crippen LogP contribution is -2.11. The Kier molecular flexibility index (Phi) is 3.97. The summed E-state index contributed by atoms with van der Waals surface area (Å²) < 4.78 is 19.9. The zero-order chi connectivity index (χ0) is 17.2. The first-order valence-corrected chi connectivity index (χ1v) is 7.97. The average Bonchev–Trinajstić information content (AvgIpc) is 3.31. The normalized spacial score (nSPS) is 18.8. The molecule has 0 saturated heterocycles. The molecule has 0 bridgehead atoms. The molecule has 2 aromatic carbocycles. The Morgan fingerprint density at radius 3 is 2.68 bits per heavy atom. The van der Waals surface area contributed by atoms with Crippen LogP contribution in [-0.4, -0.2) is 26.2 Å². The van der Waals surface area contributed by atoms with Crippen molar-refractivity contribution in [3.05, 3.63) is 71.8 Å². The summed E-state index contributed by atoms with van der Waals surface area (Å²) in [6.45, 7) is 0.00731. The van der Waals surface area contributed by atoms with E-state index < -0.39 is 0 Å². The number of carbonyl (C=O) groups is 1. The van der Waals surface area contributed by atoms with Crippen molar-refractivity contribution in [2.45, 2.75) is 18.9 Å². The molecule has 0 spiro atoms. The van der Waals surface area contributed by atoms with Gasteiger partial charge in [-0.3, -0.25) is 4.79 Å². The van der Waals surface area contributed by atoms with E-state index in [0.717, 1.165) is 11.3 Å². The van der Waals surface area contributed by atoms with Crippen molar-refractivity contribution in [3.8, 4) is 5.69 Å². The van der Waals surface area contributed by atoms with E-state index in [-0.39, 0.29) is 30.2 Å². The Labute approximate surface area is 143 Å². The molecule has 0 amide bonds. The molecule has 0 N–H and O–H groups in total. The summed E-state index contributed by atoms with van der Waals surface area (Å²) in [7, 11) is 0. The van der Waals surface area contributed by atoms with Crippen LogP contribution in [0.3, 0.4) is 0 Å². The highest BCUT2D eigenvalue weighted by Gasteiger charge is 2.45. The highest BCUT2D eigenvalue weighted by atomic mass is 19.1. The molecule has 1 aromatic heterocycles. The largest absolute Gasteiger partial charge is 0.457 e. The molecule has 1 fully saturated rings. The van der Waals surface area contributed by atoms with Gasteiger partial charge in [0.2, 0.25) is 0 Å². The predicted octanol–water partition coefficient (Wildman–Crippen LogP) is 2.65. The van der Waals surface area contributed by atoms with Crippen LogP contribution < -0.4 is 0 Å². The van der Waals surface area contributed by atoms with E-state index >= 15 is 0 Å². The molecule has 4 rings (SSSR count). The molecule has 2 atom stereocenters. The quantitative estimate of drug-likeness (QED) is 0.669. The molecule has 0 unspecified atom stereocenters. The second kappa shape index (κ2) is 6.43. The number of para-hydroxylation sites is 1. The second-order valence-electron chi connectivity index (χ2n) is 5.95. The van der Waals surface area contributed by atoms with Gasteiger partial charge in [0, 0.05) is 0 Å². The summed E-state index contributed by atoms with van der Waals surface area (Å²) in [6.07, 6.45) is 0.716. The van der Waals surface area contributed by atoms with E-state index in [4.69, 9.17) is 4.74 Å². The van der Waals surface area contributed by atoms with Crippen molar-refractivity contribution in [3.63, 3.8) is 0 Å². The monoisotopic (exact) mass is 338 g/mol. The van der Waals surface area contributed by atoms with Crippen LogP contribution in [0.25, 0.3) is 5.69 Å². The lowest BCUT2D eigenvalue weighted by atomic mass is 10.1. The van der Waals surface area contributed by atoms with E-state index in [2.05, 4.69) is 15.5 Å². The number of aromatic nitrogens is 4. The number of hydrogen-bond donors (Lipinski definition) is 0. The number of carbonyl (C=O) groups excluding carboxylic acids is 1. The maximum Gasteiger partial charge on any atom is 0.310 e. The van der Waals surface area contributed by atoms with Gasteiger partial charge < -0.3 is 4.74 Å². The van der Waals surface area contributed by atoms with Crippen LogP contribution in [0, 0.1) is 11.7 Å². The van der Waals surface area contributed by atoms with E-state index in [0.29, 0.717) is 12.2 Å². The van der Waals surface area contributed by atoms with Crippen LogP contribution in [0.15, 0.2) is 54.6 Å². The van der Waals surface area contributed by atoms with Gasteiger partial charge in [-0.15, -0.1) is 5.10 Å². The summed E-state index contributed by atoms with van der Waals surface area (Å²) >= 11 is 0. The zero-order valence-corrected chi connectivity index (χ0v) is 13.2. The fourth-order valence-electron chi connectivity index (χ4n) is 2.84. The maximum absolute atomic E-state index is 13.0. The Morgan fingerprint density at radius 1 is 1.16 bits per heavy atom. The second-order valence-corrected chi connectivity index (χ2v) is 5.95. The van der Waals surface area contributed by atoms with Crippen LogP contribution in [-0.2, 0) is 16.1 Å². The van der Waals surface area contributed by atoms with Crippen LogP contribution in [0.5, 0.6) is 0 Å². The first-order valence-electron chi connectivity index (χ1n) is 7.97. The minimum absolute atomic E-state index is 0.00731. The number of benzene rings is 2. The third-order valence-corrected chi connectivity index (χ3v) is 4.27. The zero-order valence-electron chi connectivity index (χ0n) is 13.2. The van der Waals surface area contributed by atoms with Gasteiger partial charge in [-0.2, -0.15) is 4.68 Å². The van der Waals surface area contributed by atoms with Gasteiger partial charge in [0.15, 0.2) is 12.4 Å². The molecule has 1 aliphatic carbocycles. The van der Waals surface area contributed by atoms with Crippen molar-refractivity contribution in [1.29, 1.82) is 0 Å². The van der Waals surface area contributed by atoms with Crippen LogP contribution in [0.1, 0.15) is 23.7 Å². The molecule has 0 radical (unpaired) electrons. The number of tetrazole rings is 1. The summed E-state index contributed by atoms with van der Waals surface area (Å²) in [4.78, 5) is 12.2. The number of ether oxygens (including phenoxy) is 1. The molecular weight excluding hydrogens is 323 g/mol. The Bertz CT molecular complexity index is 880. The first kappa shape index (κ1) is 15.4. The van der Waals surface area contributed by atoms with Gasteiger partial charge in [0.1, 0.15) is 5.82 Å². The summed E-state index contributed by atoms with van der Waals surface area (Å²) in [5, 5.41) is 11.5. The molecule has 7 heteroatoms. The van der Waals surface area contributed by atoms with Crippen LogP contribution >= 0.6 is 0 Å². The van der Waals surface area contributed by atoms with Gasteiger partial charge in [-0.1, -0.05) is 30.3 Å². The van der Waals surface area contributed by atoms with Gasteiger partial charge in [-0.05, 0) is 52.6 Å². The topological polar surface area (TPSA) is 69.9 Å². The van der Waals surface area contributed by atoms with E-state index in [1.807, 2.05) is 30.3 Å². The number of hydrogen-bond acceptors (Lipinski definition) is 5. The highest BCUT2D eigenvalue weighted by Crippen LogP contribution is 2.48. The van der Waals surface area contributed by atoms with Gasteiger partial charge in [-0.25, -0.2) is 4.39 Å². The number of esters is 1. The molecule has 126 valence electrons. The third-order valence-electron chi connectivity index (χ3n) is 4.27. The van der Waals surface area contributed by atoms with Gasteiger partial charge in [0.25, 0.3) is 0 Å². The summed E-state index contributed by atoms with van der Waals surface area (Å²) in [5.74, 6) is -0.198. The molecule has 1 saturated carbocycles. The van der Waals surface area contributed by atoms with Gasteiger partial charge in [0.05, 0.1) is 11.6 Å². The summed E-state index contributed by atoms with van der Waals surface area (Å²) in [5.41, 5.74) is 1.76. The smallest absolute Gasteiger partial charge is 0.310 e. The SMILES string of the molecule is O=C(OCc1nnnn1-c1ccccc1)[C@@H]1C[C@H]1c1ccc(F)cc1. The Hall–Kier alpha value is -3.09. The van der Waals surface area contributed by atoms with Crippen molar-refractivity contribution in [1.82, 2.24) is 20.2 Å². The minimum atomic E-state index is -0.281. The summed E-state index contributed by atoms with van der Waals surface area (Å²) in [6, 6.07) is 15.6. The lowest BCUT2D eigenvalue weighted by molar-refractivity contribution is -0.146. The van der Waals surface area contributed by atoms with Gasteiger partial charge >= 0.3 is 5.97 Å². The van der Waals surface area contributed by atoms with Crippen LogP contribution in [0.4, 0.5) is 4.39 Å². The standard InChI is InChI=1S/C18H15FN4O2/c19-13-8-6-12(7-9-13)15-10-16(15)18(24)25-11-17-20-21-22-23(17)14-4-2-1-3-5-14/h1-9,15-16H,10-11H2/t15-,16+/m0/s1. The molecular formula is C18H15FN4O2. The fraction of sp³-hybridized carbons (Fsp3) is 0.222. The fourth-order valence-corrected chi connectivity index (χ4v) is 2.84. The number of halogens is 1. The van der Waals surface area contributed by atoms with E-state index in [1.165, 1.54) is 16.8 Å². The van der Waals surface area contributed by atoms with Crippen molar-refractivity contribution in [2.75, 3.05) is 0 Å². The minimum Gasteiger partial charge on any atom is -0.457 e. The van der Waals surface area contributed by atoms with E-state index in [1.54, 1.807) is 12.1 Å². The predicted molar refractivity (Wildman–Crippen MR) is 86.2 cm³/mol. The van der Waals surface area contributed by atoms with Crippen molar-refractivity contribution < 1.29 is 13.9 Å². The molecule has 1 aliphatic rings. The van der Waals surface area contributed by atoms with Crippen molar-refractivity contribution in [2.24, 2.45) is 5.92 Å². The van der Waals surface area contributed by atoms with Crippen molar-refractivity contribution >= 4 is 5.97 Å². The lowest BCUT2D eigenvalue weighted by Gasteiger charge is -2.06. The Morgan fingerprint density at radius 2 is 1.92 bits per heavy atom. The maximum atomic E-state index is 13.0. The van der Waals surface area contributed by atoms with Crippen LogP contribution in [0.2, 0.25) is 0 Å². The molecule has 25 heavy (non-hydrogen) atoms. The van der Waals surface area contributed by atoms with E-state index in [9.17, 15) is 9.18 Å².